The molecule has 0 radical (unpaired) electrons. The first-order chi connectivity index (χ1) is 18.7. The topological polar surface area (TPSA) is 114 Å². The minimum atomic E-state index is -1.10. The summed E-state index contributed by atoms with van der Waals surface area (Å²) in [5.74, 6) is -2.20. The largest absolute Gasteiger partial charge is 0.447 e. The molecule has 0 amide bonds. The van der Waals surface area contributed by atoms with Crippen LogP contribution in [0.25, 0.3) is 0 Å². The van der Waals surface area contributed by atoms with Gasteiger partial charge in [-0.1, -0.05) is 60.7 Å². The highest BCUT2D eigenvalue weighted by Crippen LogP contribution is 2.21. The smallest absolute Gasteiger partial charge is 0.418 e. The molecule has 2 aliphatic heterocycles. The predicted octanol–water partition coefficient (Wildman–Crippen LogP) is 1.57. The van der Waals surface area contributed by atoms with Crippen molar-refractivity contribution in [2.24, 2.45) is 0 Å². The van der Waals surface area contributed by atoms with Crippen LogP contribution < -0.4 is 10.6 Å². The maximum atomic E-state index is 12.8. The Kier molecular flexibility index (Phi) is 11.5. The maximum absolute atomic E-state index is 12.8. The molecular weight excluding hydrogens is 492 g/mol. The van der Waals surface area contributed by atoms with Crippen LogP contribution in [-0.2, 0) is 38.0 Å². The molecular formula is C28H36N2O8. The van der Waals surface area contributed by atoms with E-state index in [9.17, 15) is 9.59 Å². The summed E-state index contributed by atoms with van der Waals surface area (Å²) in [7, 11) is 0. The second-order valence-electron chi connectivity index (χ2n) is 9.08. The molecule has 2 aromatic rings. The molecule has 0 spiro atoms. The molecule has 0 aromatic heterocycles. The van der Waals surface area contributed by atoms with Gasteiger partial charge in [0.15, 0.2) is 12.2 Å². The first-order valence-corrected chi connectivity index (χ1v) is 13.0. The normalized spacial score (nSPS) is 21.3. The van der Waals surface area contributed by atoms with E-state index in [1.54, 1.807) is 0 Å². The standard InChI is InChI=1S/C28H36N2O8/c31-27(37-25(21-7-3-1-4-8-21)19-33-17-23-15-29-11-13-35-23)28(32)38-26(22-9-5-2-6-10-22)20-34-18-24-16-30-12-14-36-24/h1-10,23-26,29-30H,11-20H2/t23?,24?,25-,26-/m1/s1. The molecule has 2 aromatic carbocycles. The van der Waals surface area contributed by atoms with E-state index in [1.165, 1.54) is 0 Å². The highest BCUT2D eigenvalue weighted by molar-refractivity contribution is 6.29. The Hall–Kier alpha value is -2.86. The molecule has 2 heterocycles. The second kappa shape index (κ2) is 15.5. The van der Waals surface area contributed by atoms with Gasteiger partial charge in [-0.2, -0.15) is 0 Å². The highest BCUT2D eigenvalue weighted by atomic mass is 16.6. The summed E-state index contributed by atoms with van der Waals surface area (Å²) in [5, 5.41) is 6.49. The number of nitrogens with one attached hydrogen (secondary N) is 2. The molecule has 2 saturated heterocycles. The lowest BCUT2D eigenvalue weighted by molar-refractivity contribution is -0.178. The fraction of sp³-hybridized carbons (Fsp3) is 0.500. The lowest BCUT2D eigenvalue weighted by Gasteiger charge is -2.25. The monoisotopic (exact) mass is 528 g/mol. The van der Waals surface area contributed by atoms with Gasteiger partial charge in [-0.05, 0) is 11.1 Å². The van der Waals surface area contributed by atoms with E-state index < -0.39 is 24.1 Å². The molecule has 4 rings (SSSR count). The van der Waals surface area contributed by atoms with Crippen molar-refractivity contribution in [2.45, 2.75) is 24.4 Å². The van der Waals surface area contributed by atoms with Crippen molar-refractivity contribution in [1.82, 2.24) is 10.6 Å². The van der Waals surface area contributed by atoms with Crippen LogP contribution >= 0.6 is 0 Å². The predicted molar refractivity (Wildman–Crippen MR) is 137 cm³/mol. The SMILES string of the molecule is O=C(O[C@H](COCC1CNCCO1)c1ccccc1)C(=O)O[C@H](COCC1CNCCO1)c1ccccc1. The third-order valence-corrected chi connectivity index (χ3v) is 6.16. The zero-order valence-electron chi connectivity index (χ0n) is 21.4. The second-order valence-corrected chi connectivity index (χ2v) is 9.08. The van der Waals surface area contributed by atoms with Crippen LogP contribution in [0.2, 0.25) is 0 Å². The van der Waals surface area contributed by atoms with Crippen LogP contribution in [0.3, 0.4) is 0 Å². The molecule has 4 atom stereocenters. The molecule has 0 saturated carbocycles. The molecule has 38 heavy (non-hydrogen) atoms. The zero-order valence-corrected chi connectivity index (χ0v) is 21.4. The van der Waals surface area contributed by atoms with Gasteiger partial charge in [0.2, 0.25) is 0 Å². The minimum Gasteiger partial charge on any atom is -0.447 e. The third-order valence-electron chi connectivity index (χ3n) is 6.16. The number of esters is 2. The molecule has 0 bridgehead atoms. The Balaban J connectivity index is 1.33. The van der Waals surface area contributed by atoms with Gasteiger partial charge in [0.05, 0.1) is 51.8 Å². The summed E-state index contributed by atoms with van der Waals surface area (Å²) in [5.41, 5.74) is 1.42. The summed E-state index contributed by atoms with van der Waals surface area (Å²) < 4.78 is 34.0. The van der Waals surface area contributed by atoms with Crippen molar-refractivity contribution in [1.29, 1.82) is 0 Å². The van der Waals surface area contributed by atoms with E-state index >= 15 is 0 Å². The van der Waals surface area contributed by atoms with Crippen LogP contribution in [0.4, 0.5) is 0 Å². The Morgan fingerprint density at radius 1 is 0.711 bits per heavy atom. The lowest BCUT2D eigenvalue weighted by Crippen LogP contribution is -2.41. The molecule has 10 heteroatoms. The molecule has 10 nitrogen and oxygen atoms in total. The molecule has 206 valence electrons. The quantitative estimate of drug-likeness (QED) is 0.311. The van der Waals surface area contributed by atoms with Crippen LogP contribution in [0.5, 0.6) is 0 Å². The van der Waals surface area contributed by atoms with E-state index in [0.29, 0.717) is 50.6 Å². The van der Waals surface area contributed by atoms with Gasteiger partial charge in [0.1, 0.15) is 0 Å². The number of carbonyl (C=O) groups excluding carboxylic acids is 2. The first kappa shape index (κ1) is 28.2. The van der Waals surface area contributed by atoms with E-state index in [4.69, 9.17) is 28.4 Å². The summed E-state index contributed by atoms with van der Waals surface area (Å²) in [4.78, 5) is 25.6. The summed E-state index contributed by atoms with van der Waals surface area (Å²) >= 11 is 0. The van der Waals surface area contributed by atoms with Crippen molar-refractivity contribution < 1.29 is 38.0 Å². The molecule has 0 aliphatic carbocycles. The third kappa shape index (κ3) is 9.16. The number of ether oxygens (including phenoxy) is 6. The molecule has 2 unspecified atom stereocenters. The van der Waals surface area contributed by atoms with E-state index in [-0.39, 0.29) is 25.4 Å². The number of hydrogen-bond donors (Lipinski definition) is 2. The van der Waals surface area contributed by atoms with Crippen molar-refractivity contribution in [3.05, 3.63) is 71.8 Å². The molecule has 2 fully saturated rings. The fourth-order valence-corrected chi connectivity index (χ4v) is 4.15. The summed E-state index contributed by atoms with van der Waals surface area (Å²) in [6, 6.07) is 18.3. The highest BCUT2D eigenvalue weighted by Gasteiger charge is 2.28. The number of morpholine rings is 2. The van der Waals surface area contributed by atoms with Gasteiger partial charge in [0, 0.05) is 26.2 Å². The van der Waals surface area contributed by atoms with Crippen molar-refractivity contribution >= 4 is 11.9 Å². The fourth-order valence-electron chi connectivity index (χ4n) is 4.15. The Morgan fingerprint density at radius 3 is 1.50 bits per heavy atom. The van der Waals surface area contributed by atoms with Crippen molar-refractivity contribution in [3.63, 3.8) is 0 Å². The Morgan fingerprint density at radius 2 is 1.13 bits per heavy atom. The Labute approximate surface area is 222 Å². The number of carbonyl (C=O) groups is 2. The van der Waals surface area contributed by atoms with Gasteiger partial charge in [-0.15, -0.1) is 0 Å². The lowest BCUT2D eigenvalue weighted by atomic mass is 10.1. The average Bonchev–Trinajstić information content (AvgIpc) is 2.98. The van der Waals surface area contributed by atoms with E-state index in [2.05, 4.69) is 10.6 Å². The zero-order chi connectivity index (χ0) is 26.4. The first-order valence-electron chi connectivity index (χ1n) is 13.0. The Bertz CT molecular complexity index is 886. The molecule has 2 N–H and O–H groups in total. The average molecular weight is 529 g/mol. The maximum Gasteiger partial charge on any atom is 0.418 e. The van der Waals surface area contributed by atoms with Gasteiger partial charge >= 0.3 is 11.9 Å². The summed E-state index contributed by atoms with van der Waals surface area (Å²) in [6.07, 6.45) is -1.73. The van der Waals surface area contributed by atoms with Gasteiger partial charge in [-0.25, -0.2) is 9.59 Å². The number of hydrogen-bond acceptors (Lipinski definition) is 10. The van der Waals surface area contributed by atoms with Crippen LogP contribution in [0.1, 0.15) is 23.3 Å². The minimum absolute atomic E-state index is 0.0730. The van der Waals surface area contributed by atoms with Gasteiger partial charge in [0.25, 0.3) is 0 Å². The molecule has 2 aliphatic rings. The van der Waals surface area contributed by atoms with Crippen molar-refractivity contribution in [2.75, 3.05) is 65.8 Å². The van der Waals surface area contributed by atoms with E-state index in [1.807, 2.05) is 60.7 Å². The van der Waals surface area contributed by atoms with Crippen LogP contribution in [0, 0.1) is 0 Å². The summed E-state index contributed by atoms with van der Waals surface area (Å²) in [6.45, 7) is 5.06. The number of rotatable bonds is 12. The van der Waals surface area contributed by atoms with Gasteiger partial charge in [-0.3, -0.25) is 0 Å². The van der Waals surface area contributed by atoms with Gasteiger partial charge < -0.3 is 39.1 Å². The van der Waals surface area contributed by atoms with Crippen molar-refractivity contribution in [3.8, 4) is 0 Å². The number of benzene rings is 2. The van der Waals surface area contributed by atoms with Crippen LogP contribution in [-0.4, -0.2) is 90.0 Å². The van der Waals surface area contributed by atoms with Crippen LogP contribution in [0.15, 0.2) is 60.7 Å². The van der Waals surface area contributed by atoms with E-state index in [0.717, 1.165) is 13.1 Å².